The van der Waals surface area contributed by atoms with Crippen molar-refractivity contribution in [3.05, 3.63) is 34.2 Å². The molecule has 1 aromatic carbocycles. The highest BCUT2D eigenvalue weighted by atomic mass is 19.3. The van der Waals surface area contributed by atoms with Gasteiger partial charge in [0.2, 0.25) is 0 Å². The molecule has 0 amide bonds. The quantitative estimate of drug-likeness (QED) is 0.784. The van der Waals surface area contributed by atoms with Crippen molar-refractivity contribution in [2.45, 2.75) is 13.0 Å². The Balaban J connectivity index is 2.26. The van der Waals surface area contributed by atoms with Gasteiger partial charge in [-0.25, -0.2) is 18.4 Å². The Hall–Kier alpha value is -2.22. The lowest BCUT2D eigenvalue weighted by Gasteiger charge is -2.05. The third-order valence-corrected chi connectivity index (χ3v) is 2.74. The average molecular weight is 286 g/mol. The Morgan fingerprint density at radius 3 is 2.85 bits per heavy atom. The molecule has 0 saturated heterocycles. The molecule has 6 nitrogen and oxygen atoms in total. The first-order chi connectivity index (χ1) is 9.50. The second kappa shape index (κ2) is 5.83. The molecule has 0 atom stereocenters. The molecule has 0 unspecified atom stereocenters. The fourth-order valence-corrected chi connectivity index (χ4v) is 1.91. The molecule has 2 aromatic rings. The maximum Gasteiger partial charge on any atom is 0.337 e. The Labute approximate surface area is 111 Å². The van der Waals surface area contributed by atoms with E-state index in [9.17, 15) is 18.4 Å². The van der Waals surface area contributed by atoms with Gasteiger partial charge in [0, 0.05) is 0 Å². The fraction of sp³-hybridized carbons (Fsp3) is 0.333. The van der Waals surface area contributed by atoms with E-state index in [4.69, 9.17) is 9.84 Å². The molecule has 0 aliphatic rings. The number of aromatic carboxylic acids is 1. The number of alkyl halides is 2. The first-order valence-electron chi connectivity index (χ1n) is 5.81. The van der Waals surface area contributed by atoms with Crippen molar-refractivity contribution in [3.8, 4) is 0 Å². The number of benzene rings is 1. The van der Waals surface area contributed by atoms with Crippen LogP contribution in [0.2, 0.25) is 0 Å². The van der Waals surface area contributed by atoms with E-state index in [-0.39, 0.29) is 24.2 Å². The highest BCUT2D eigenvalue weighted by Crippen LogP contribution is 2.15. The van der Waals surface area contributed by atoms with Crippen molar-refractivity contribution in [1.29, 1.82) is 0 Å². The van der Waals surface area contributed by atoms with Crippen molar-refractivity contribution in [3.63, 3.8) is 0 Å². The minimum atomic E-state index is -2.56. The molecule has 1 aromatic heterocycles. The number of halogens is 2. The number of fused-ring (bicyclic) bond motifs is 1. The van der Waals surface area contributed by atoms with Crippen molar-refractivity contribution < 1.29 is 23.4 Å². The number of rotatable bonds is 6. The summed E-state index contributed by atoms with van der Waals surface area (Å²) in [6.45, 7) is -0.694. The summed E-state index contributed by atoms with van der Waals surface area (Å²) in [7, 11) is 0. The van der Waals surface area contributed by atoms with Gasteiger partial charge in [0.15, 0.2) is 0 Å². The SMILES string of the molecule is O=C(O)c1cccc2c1[nH]c(=O)n2CCOCC(F)F. The van der Waals surface area contributed by atoms with Crippen LogP contribution in [-0.2, 0) is 11.3 Å². The number of imidazole rings is 1. The van der Waals surface area contributed by atoms with Gasteiger partial charge in [0.25, 0.3) is 6.43 Å². The van der Waals surface area contributed by atoms with Gasteiger partial charge < -0.3 is 14.8 Å². The number of nitrogens with one attached hydrogen (secondary N) is 1. The number of aromatic amines is 1. The zero-order valence-corrected chi connectivity index (χ0v) is 10.3. The van der Waals surface area contributed by atoms with Crippen LogP contribution < -0.4 is 5.69 Å². The van der Waals surface area contributed by atoms with E-state index >= 15 is 0 Å². The van der Waals surface area contributed by atoms with Gasteiger partial charge in [-0.05, 0) is 12.1 Å². The molecule has 20 heavy (non-hydrogen) atoms. The van der Waals surface area contributed by atoms with Crippen LogP contribution in [0.5, 0.6) is 0 Å². The summed E-state index contributed by atoms with van der Waals surface area (Å²) in [5.74, 6) is -1.15. The van der Waals surface area contributed by atoms with E-state index in [1.807, 2.05) is 0 Å². The molecule has 0 aliphatic carbocycles. The largest absolute Gasteiger partial charge is 0.478 e. The second-order valence-electron chi connectivity index (χ2n) is 4.05. The lowest BCUT2D eigenvalue weighted by molar-refractivity contribution is 0.0148. The summed E-state index contributed by atoms with van der Waals surface area (Å²) >= 11 is 0. The third kappa shape index (κ3) is 2.85. The van der Waals surface area contributed by atoms with Gasteiger partial charge in [-0.15, -0.1) is 0 Å². The number of para-hydroxylation sites is 1. The molecule has 1 heterocycles. The van der Waals surface area contributed by atoms with Gasteiger partial charge in [-0.1, -0.05) is 6.07 Å². The van der Waals surface area contributed by atoms with Crippen LogP contribution in [0.3, 0.4) is 0 Å². The van der Waals surface area contributed by atoms with Crippen LogP contribution in [0.25, 0.3) is 11.0 Å². The Bertz CT molecular complexity index is 678. The second-order valence-corrected chi connectivity index (χ2v) is 4.05. The van der Waals surface area contributed by atoms with E-state index in [1.165, 1.54) is 16.7 Å². The maximum absolute atomic E-state index is 11.9. The lowest BCUT2D eigenvalue weighted by Crippen LogP contribution is -2.20. The Morgan fingerprint density at radius 1 is 1.45 bits per heavy atom. The van der Waals surface area contributed by atoms with E-state index in [2.05, 4.69) is 4.98 Å². The van der Waals surface area contributed by atoms with Gasteiger partial charge in [-0.3, -0.25) is 4.57 Å². The minimum absolute atomic E-state index is 0.0214. The molecule has 0 spiro atoms. The predicted molar refractivity (Wildman–Crippen MR) is 66.3 cm³/mol. The van der Waals surface area contributed by atoms with E-state index in [0.717, 1.165) is 0 Å². The van der Waals surface area contributed by atoms with Crippen LogP contribution in [0.15, 0.2) is 23.0 Å². The Morgan fingerprint density at radius 2 is 2.20 bits per heavy atom. The van der Waals surface area contributed by atoms with Gasteiger partial charge in [-0.2, -0.15) is 0 Å². The molecule has 0 radical (unpaired) electrons. The van der Waals surface area contributed by atoms with Crippen LogP contribution in [0.1, 0.15) is 10.4 Å². The lowest BCUT2D eigenvalue weighted by atomic mass is 10.2. The van der Waals surface area contributed by atoms with Crippen molar-refractivity contribution in [2.24, 2.45) is 0 Å². The highest BCUT2D eigenvalue weighted by Gasteiger charge is 2.14. The summed E-state index contributed by atoms with van der Waals surface area (Å²) in [6.07, 6.45) is -2.56. The van der Waals surface area contributed by atoms with Crippen LogP contribution >= 0.6 is 0 Å². The summed E-state index contributed by atoms with van der Waals surface area (Å²) in [6, 6.07) is 4.46. The van der Waals surface area contributed by atoms with E-state index in [0.29, 0.717) is 5.52 Å². The van der Waals surface area contributed by atoms with Crippen molar-refractivity contribution in [2.75, 3.05) is 13.2 Å². The predicted octanol–water partition coefficient (Wildman–Crippen LogP) is 1.31. The van der Waals surface area contributed by atoms with Crippen LogP contribution in [0, 0.1) is 0 Å². The topological polar surface area (TPSA) is 84.3 Å². The number of nitrogens with zero attached hydrogens (tertiary/aromatic N) is 1. The standard InChI is InChI=1S/C12H12F2N2O4/c13-9(14)6-20-5-4-16-8-3-1-2-7(11(17)18)10(8)15-12(16)19/h1-3,9H,4-6H2,(H,15,19)(H,17,18). The number of ether oxygens (including phenoxy) is 1. The smallest absolute Gasteiger partial charge is 0.337 e. The third-order valence-electron chi connectivity index (χ3n) is 2.74. The molecule has 2 rings (SSSR count). The van der Waals surface area contributed by atoms with Gasteiger partial charge >= 0.3 is 11.7 Å². The molecule has 8 heteroatoms. The normalized spacial score (nSPS) is 11.3. The summed E-state index contributed by atoms with van der Waals surface area (Å²) in [5, 5.41) is 9.02. The first-order valence-corrected chi connectivity index (χ1v) is 5.81. The highest BCUT2D eigenvalue weighted by molar-refractivity contribution is 6.00. The summed E-state index contributed by atoms with van der Waals surface area (Å²) < 4.78 is 29.8. The maximum atomic E-state index is 11.9. The number of carboxylic acids is 1. The number of aromatic nitrogens is 2. The molecule has 0 saturated carbocycles. The zero-order valence-electron chi connectivity index (χ0n) is 10.3. The Kier molecular flexibility index (Phi) is 4.14. The van der Waals surface area contributed by atoms with Crippen molar-refractivity contribution >= 4 is 17.0 Å². The molecular formula is C12H12F2N2O4. The minimum Gasteiger partial charge on any atom is -0.478 e. The van der Waals surface area contributed by atoms with Crippen molar-refractivity contribution in [1.82, 2.24) is 9.55 Å². The van der Waals surface area contributed by atoms with E-state index in [1.54, 1.807) is 6.07 Å². The number of hydrogen-bond donors (Lipinski definition) is 2. The molecule has 0 fully saturated rings. The average Bonchev–Trinajstić information content (AvgIpc) is 2.70. The monoisotopic (exact) mass is 286 g/mol. The molecule has 0 aliphatic heterocycles. The number of H-pyrrole nitrogens is 1. The van der Waals surface area contributed by atoms with Crippen LogP contribution in [0.4, 0.5) is 8.78 Å². The van der Waals surface area contributed by atoms with Gasteiger partial charge in [0.05, 0.1) is 29.7 Å². The molecule has 108 valence electrons. The first kappa shape index (κ1) is 14.2. The number of hydrogen-bond acceptors (Lipinski definition) is 3. The molecular weight excluding hydrogens is 274 g/mol. The fourth-order valence-electron chi connectivity index (χ4n) is 1.91. The number of carboxylic acid groups (broad SMARTS) is 1. The van der Waals surface area contributed by atoms with E-state index < -0.39 is 24.7 Å². The molecule has 0 bridgehead atoms. The molecule has 2 N–H and O–H groups in total. The van der Waals surface area contributed by atoms with Gasteiger partial charge in [0.1, 0.15) is 6.61 Å². The van der Waals surface area contributed by atoms with Crippen LogP contribution in [-0.4, -0.2) is 40.3 Å². The summed E-state index contributed by atoms with van der Waals surface area (Å²) in [4.78, 5) is 25.2. The zero-order chi connectivity index (χ0) is 14.7. The number of carbonyl (C=O) groups is 1. The summed E-state index contributed by atoms with van der Waals surface area (Å²) in [5.41, 5.74) is 0.0793.